The van der Waals surface area contributed by atoms with Gasteiger partial charge in [0.1, 0.15) is 5.75 Å². The molecule has 5 heteroatoms. The molecule has 0 spiro atoms. The molecule has 0 aliphatic rings. The van der Waals surface area contributed by atoms with Gasteiger partial charge in [-0.15, -0.1) is 0 Å². The Labute approximate surface area is 110 Å². The van der Waals surface area contributed by atoms with E-state index in [1.807, 2.05) is 6.92 Å². The number of halogens is 3. The lowest BCUT2D eigenvalue weighted by Crippen LogP contribution is -2.09. The van der Waals surface area contributed by atoms with Crippen molar-refractivity contribution in [3.63, 3.8) is 0 Å². The van der Waals surface area contributed by atoms with Gasteiger partial charge < -0.3 is 10.5 Å². The molecule has 0 saturated carbocycles. The number of aryl methyl sites for hydroxylation is 1. The average molecular weight is 271 g/mol. The predicted molar refractivity (Wildman–Crippen MR) is 67.9 cm³/mol. The summed E-state index contributed by atoms with van der Waals surface area (Å²) in [7, 11) is 0. The first-order chi connectivity index (χ1) is 8.92. The molecule has 0 saturated heterocycles. The molecule has 1 rings (SSSR count). The van der Waals surface area contributed by atoms with Gasteiger partial charge in [-0.25, -0.2) is 0 Å². The van der Waals surface area contributed by atoms with Crippen LogP contribution < -0.4 is 10.5 Å². The Kier molecular flexibility index (Phi) is 5.71. The Morgan fingerprint density at radius 2 is 2.05 bits per heavy atom. The Balaban J connectivity index is 2.50. The number of ether oxygens (including phenoxy) is 1. The summed E-state index contributed by atoms with van der Waals surface area (Å²) in [5, 5.41) is 0. The van der Waals surface area contributed by atoms with Gasteiger partial charge >= 0.3 is 6.18 Å². The number of alkyl halides is 3. The second kappa shape index (κ2) is 7.05. The number of benzene rings is 1. The van der Waals surface area contributed by atoms with Crippen molar-refractivity contribution in [2.75, 3.05) is 13.2 Å². The molecule has 0 heterocycles. The van der Waals surface area contributed by atoms with Gasteiger partial charge in [-0.3, -0.25) is 0 Å². The minimum Gasteiger partial charge on any atom is -0.494 e. The lowest BCUT2D eigenvalue weighted by molar-refractivity contribution is -0.136. The zero-order valence-corrected chi connectivity index (χ0v) is 10.7. The molecule has 0 radical (unpaired) electrons. The SMILES string of the molecule is Cc1cc(OCCCC(F)(F)F)ccc1C#CCN. The molecule has 2 nitrogen and oxygen atoms in total. The van der Waals surface area contributed by atoms with Crippen molar-refractivity contribution in [1.82, 2.24) is 0 Å². The van der Waals surface area contributed by atoms with E-state index >= 15 is 0 Å². The van der Waals surface area contributed by atoms with Gasteiger partial charge in [0.05, 0.1) is 13.2 Å². The van der Waals surface area contributed by atoms with E-state index in [0.717, 1.165) is 11.1 Å². The topological polar surface area (TPSA) is 35.2 Å². The summed E-state index contributed by atoms with van der Waals surface area (Å²) >= 11 is 0. The van der Waals surface area contributed by atoms with E-state index in [1.54, 1.807) is 18.2 Å². The molecule has 19 heavy (non-hydrogen) atoms. The maximum Gasteiger partial charge on any atom is 0.389 e. The number of rotatable bonds is 4. The minimum absolute atomic E-state index is 0.0444. The second-order valence-corrected chi connectivity index (χ2v) is 4.05. The fourth-order valence-electron chi connectivity index (χ4n) is 1.48. The third kappa shape index (κ3) is 6.16. The first-order valence-electron chi connectivity index (χ1n) is 5.91. The van der Waals surface area contributed by atoms with Crippen molar-refractivity contribution in [3.8, 4) is 17.6 Å². The summed E-state index contributed by atoms with van der Waals surface area (Å²) < 4.78 is 41.1. The van der Waals surface area contributed by atoms with Crippen LogP contribution in [0.4, 0.5) is 13.2 Å². The highest BCUT2D eigenvalue weighted by molar-refractivity contribution is 5.44. The smallest absolute Gasteiger partial charge is 0.389 e. The van der Waals surface area contributed by atoms with E-state index in [0.29, 0.717) is 5.75 Å². The molecule has 104 valence electrons. The van der Waals surface area contributed by atoms with Crippen LogP contribution in [0, 0.1) is 18.8 Å². The fourth-order valence-corrected chi connectivity index (χ4v) is 1.48. The lowest BCUT2D eigenvalue weighted by atomic mass is 10.1. The number of nitrogens with two attached hydrogens (primary N) is 1. The van der Waals surface area contributed by atoms with Crippen LogP contribution in [0.3, 0.4) is 0 Å². The summed E-state index contributed by atoms with van der Waals surface area (Å²) in [6.45, 7) is 2.20. The van der Waals surface area contributed by atoms with Crippen molar-refractivity contribution in [3.05, 3.63) is 29.3 Å². The van der Waals surface area contributed by atoms with Gasteiger partial charge in [-0.05, 0) is 37.1 Å². The molecule has 0 aliphatic carbocycles. The predicted octanol–water partition coefficient (Wildman–Crippen LogP) is 3.03. The highest BCUT2D eigenvalue weighted by Gasteiger charge is 2.26. The summed E-state index contributed by atoms with van der Waals surface area (Å²) in [5.74, 6) is 6.21. The van der Waals surface area contributed by atoms with Gasteiger partial charge in [-0.2, -0.15) is 13.2 Å². The number of hydrogen-bond donors (Lipinski definition) is 1. The van der Waals surface area contributed by atoms with Crippen LogP contribution in [-0.4, -0.2) is 19.3 Å². The van der Waals surface area contributed by atoms with Crippen molar-refractivity contribution >= 4 is 0 Å². The largest absolute Gasteiger partial charge is 0.494 e. The molecular formula is C14H16F3NO. The Morgan fingerprint density at radius 1 is 1.32 bits per heavy atom. The average Bonchev–Trinajstić information content (AvgIpc) is 2.32. The van der Waals surface area contributed by atoms with Crippen LogP contribution in [0.1, 0.15) is 24.0 Å². The highest BCUT2D eigenvalue weighted by Crippen LogP contribution is 2.22. The van der Waals surface area contributed by atoms with Crippen LogP contribution >= 0.6 is 0 Å². The van der Waals surface area contributed by atoms with Crippen LogP contribution in [-0.2, 0) is 0 Å². The first-order valence-corrected chi connectivity index (χ1v) is 5.91. The summed E-state index contributed by atoms with van der Waals surface area (Å²) in [4.78, 5) is 0. The molecule has 0 amide bonds. The van der Waals surface area contributed by atoms with E-state index in [4.69, 9.17) is 10.5 Å². The molecule has 0 atom stereocenters. The minimum atomic E-state index is -4.12. The van der Waals surface area contributed by atoms with Crippen molar-refractivity contribution < 1.29 is 17.9 Å². The molecule has 1 aromatic carbocycles. The van der Waals surface area contributed by atoms with E-state index in [1.165, 1.54) is 0 Å². The summed E-state index contributed by atoms with van der Waals surface area (Å²) in [5.41, 5.74) is 7.03. The van der Waals surface area contributed by atoms with Crippen molar-refractivity contribution in [2.24, 2.45) is 5.73 Å². The third-order valence-electron chi connectivity index (χ3n) is 2.40. The molecule has 0 unspecified atom stereocenters. The van der Waals surface area contributed by atoms with Gasteiger partial charge in [0.25, 0.3) is 0 Å². The van der Waals surface area contributed by atoms with Gasteiger partial charge in [0, 0.05) is 12.0 Å². The zero-order valence-electron chi connectivity index (χ0n) is 10.7. The van der Waals surface area contributed by atoms with Crippen molar-refractivity contribution in [2.45, 2.75) is 25.9 Å². The van der Waals surface area contributed by atoms with Gasteiger partial charge in [0.2, 0.25) is 0 Å². The van der Waals surface area contributed by atoms with Crippen LogP contribution in [0.15, 0.2) is 18.2 Å². The van der Waals surface area contributed by atoms with Crippen LogP contribution in [0.2, 0.25) is 0 Å². The zero-order chi connectivity index (χ0) is 14.3. The first kappa shape index (κ1) is 15.4. The van der Waals surface area contributed by atoms with E-state index in [9.17, 15) is 13.2 Å². The standard InChI is InChI=1S/C14H16F3NO/c1-11-10-13(6-5-12(11)4-2-8-18)19-9-3-7-14(15,16)17/h5-6,10H,3,7-9,18H2,1H3. The molecular weight excluding hydrogens is 255 g/mol. The van der Waals surface area contributed by atoms with E-state index in [-0.39, 0.29) is 19.6 Å². The quantitative estimate of drug-likeness (QED) is 0.675. The Morgan fingerprint density at radius 3 is 2.63 bits per heavy atom. The molecule has 0 aromatic heterocycles. The third-order valence-corrected chi connectivity index (χ3v) is 2.40. The lowest BCUT2D eigenvalue weighted by Gasteiger charge is -2.09. The van der Waals surface area contributed by atoms with Crippen molar-refractivity contribution in [1.29, 1.82) is 0 Å². The normalized spacial score (nSPS) is 10.8. The molecule has 0 aliphatic heterocycles. The monoisotopic (exact) mass is 271 g/mol. The second-order valence-electron chi connectivity index (χ2n) is 4.05. The van der Waals surface area contributed by atoms with E-state index < -0.39 is 12.6 Å². The fraction of sp³-hybridized carbons (Fsp3) is 0.429. The summed E-state index contributed by atoms with van der Waals surface area (Å²) in [6, 6.07) is 5.23. The molecule has 1 aromatic rings. The Bertz CT molecular complexity index is 472. The maximum atomic E-state index is 11.9. The van der Waals surface area contributed by atoms with Gasteiger partial charge in [0.15, 0.2) is 0 Å². The van der Waals surface area contributed by atoms with Gasteiger partial charge in [-0.1, -0.05) is 11.8 Å². The van der Waals surface area contributed by atoms with E-state index in [2.05, 4.69) is 11.8 Å². The summed E-state index contributed by atoms with van der Waals surface area (Å²) in [6.07, 6.45) is -5.00. The Hall–Kier alpha value is -1.67. The van der Waals surface area contributed by atoms with Crippen LogP contribution in [0.5, 0.6) is 5.75 Å². The maximum absolute atomic E-state index is 11.9. The molecule has 0 bridgehead atoms. The molecule has 0 fully saturated rings. The number of hydrogen-bond acceptors (Lipinski definition) is 2. The van der Waals surface area contributed by atoms with Crippen LogP contribution in [0.25, 0.3) is 0 Å². The molecule has 2 N–H and O–H groups in total. The highest BCUT2D eigenvalue weighted by atomic mass is 19.4.